The summed E-state index contributed by atoms with van der Waals surface area (Å²) in [6.45, 7) is 0. The van der Waals surface area contributed by atoms with E-state index in [1.54, 1.807) is 11.0 Å². The lowest BCUT2D eigenvalue weighted by atomic mass is 9.92. The number of nitrogens with one attached hydrogen (secondary N) is 1. The van der Waals surface area contributed by atoms with Gasteiger partial charge in [-0.3, -0.25) is 9.59 Å². The van der Waals surface area contributed by atoms with E-state index in [2.05, 4.69) is 25.3 Å². The first-order valence-electron chi connectivity index (χ1n) is 11.4. The largest absolute Gasteiger partial charge is 0.340 e. The number of imidazole rings is 1. The second-order valence-electron chi connectivity index (χ2n) is 8.89. The molecular weight excluding hydrogens is 527 g/mol. The number of aromatic nitrogens is 5. The maximum absolute atomic E-state index is 15.3. The Labute approximate surface area is 218 Å². The van der Waals surface area contributed by atoms with Crippen LogP contribution in [0.25, 0.3) is 16.8 Å². The lowest BCUT2D eigenvalue weighted by Gasteiger charge is -2.33. The first-order valence-corrected chi connectivity index (χ1v) is 12.1. The van der Waals surface area contributed by atoms with Crippen LogP contribution in [0.1, 0.15) is 42.4 Å². The van der Waals surface area contributed by atoms with Crippen LogP contribution < -0.4 is 0 Å². The molecule has 13 heteroatoms. The molecule has 0 spiro atoms. The number of carbonyl (C=O) groups excluding carboxylic acids is 2. The van der Waals surface area contributed by atoms with Gasteiger partial charge in [-0.2, -0.15) is 0 Å². The Morgan fingerprint density at radius 2 is 2.00 bits per heavy atom. The van der Waals surface area contributed by atoms with Gasteiger partial charge < -0.3 is 9.88 Å². The highest BCUT2D eigenvalue weighted by molar-refractivity contribution is 6.31. The van der Waals surface area contributed by atoms with Crippen molar-refractivity contribution in [1.82, 2.24) is 29.9 Å². The summed E-state index contributed by atoms with van der Waals surface area (Å²) in [6.07, 6.45) is 6.70. The summed E-state index contributed by atoms with van der Waals surface area (Å²) in [7, 11) is 0. The molecule has 3 aromatic rings. The van der Waals surface area contributed by atoms with E-state index in [0.29, 0.717) is 42.0 Å². The Morgan fingerprint density at radius 1 is 1.16 bits per heavy atom. The summed E-state index contributed by atoms with van der Waals surface area (Å²) in [5, 5.41) is 7.74. The van der Waals surface area contributed by atoms with Crippen molar-refractivity contribution < 1.29 is 18.4 Å². The maximum atomic E-state index is 15.3. The van der Waals surface area contributed by atoms with Crippen LogP contribution in [0.5, 0.6) is 0 Å². The Hall–Kier alpha value is -3.70. The summed E-state index contributed by atoms with van der Waals surface area (Å²) in [6, 6.07) is 2.41. The number of dihydropyridines is 1. The van der Waals surface area contributed by atoms with Gasteiger partial charge in [0.1, 0.15) is 5.82 Å². The number of alkyl halides is 1. The predicted molar refractivity (Wildman–Crippen MR) is 131 cm³/mol. The highest BCUT2D eigenvalue weighted by atomic mass is 35.5. The van der Waals surface area contributed by atoms with E-state index in [1.807, 2.05) is 0 Å². The molecule has 3 aliphatic heterocycles. The Bertz CT molecular complexity index is 1540. The molecule has 188 valence electrons. The van der Waals surface area contributed by atoms with E-state index in [1.165, 1.54) is 41.5 Å². The number of hydrogen-bond donors (Lipinski definition) is 1. The van der Waals surface area contributed by atoms with E-state index in [4.69, 9.17) is 23.2 Å². The van der Waals surface area contributed by atoms with Gasteiger partial charge in [-0.15, -0.1) is 5.10 Å². The number of hydrogen-bond acceptors (Lipinski definition) is 5. The van der Waals surface area contributed by atoms with Crippen LogP contribution in [0.3, 0.4) is 0 Å². The minimum Gasteiger partial charge on any atom is -0.340 e. The van der Waals surface area contributed by atoms with Gasteiger partial charge in [-0.05, 0) is 43.0 Å². The van der Waals surface area contributed by atoms with E-state index in [0.717, 1.165) is 0 Å². The highest BCUT2D eigenvalue weighted by Crippen LogP contribution is 2.44. The third-order valence-corrected chi connectivity index (χ3v) is 7.25. The van der Waals surface area contributed by atoms with Crippen LogP contribution in [0.4, 0.5) is 8.78 Å². The SMILES string of the molecule is O=C1N=CC=C(c2cnc([C@@H]3CC[C@@H]4CC(c5c(-n6cc(Cl)nn6)ccc(Cl)c5F)=CC(=O)N43)[nH]2)C1F. The molecule has 1 fully saturated rings. The fraction of sp³-hybridized carbons (Fsp3) is 0.250. The number of carbonyl (C=O) groups is 2. The van der Waals surface area contributed by atoms with Crippen molar-refractivity contribution in [2.45, 2.75) is 37.5 Å². The quantitative estimate of drug-likeness (QED) is 0.527. The number of benzene rings is 1. The molecule has 0 aliphatic carbocycles. The predicted octanol–water partition coefficient (Wildman–Crippen LogP) is 4.29. The van der Waals surface area contributed by atoms with Crippen molar-refractivity contribution in [3.63, 3.8) is 0 Å². The van der Waals surface area contributed by atoms with E-state index < -0.39 is 17.9 Å². The third kappa shape index (κ3) is 3.98. The van der Waals surface area contributed by atoms with Gasteiger partial charge in [0.05, 0.1) is 34.8 Å². The number of aliphatic imine (C=N–C) groups is 1. The number of aromatic amines is 1. The fourth-order valence-electron chi connectivity index (χ4n) is 5.15. The molecule has 5 heterocycles. The number of fused-ring (bicyclic) bond motifs is 1. The number of allylic oxidation sites excluding steroid dienone is 1. The van der Waals surface area contributed by atoms with Crippen molar-refractivity contribution in [2.75, 3.05) is 0 Å². The topological polar surface area (TPSA) is 109 Å². The molecule has 0 saturated carbocycles. The van der Waals surface area contributed by atoms with Gasteiger partial charge >= 0.3 is 0 Å². The molecule has 2 aromatic heterocycles. The van der Waals surface area contributed by atoms with Crippen LogP contribution in [-0.4, -0.2) is 60.1 Å². The van der Waals surface area contributed by atoms with Gasteiger partial charge in [0.25, 0.3) is 5.91 Å². The van der Waals surface area contributed by atoms with E-state index in [-0.39, 0.29) is 39.3 Å². The van der Waals surface area contributed by atoms with Crippen molar-refractivity contribution >= 4 is 52.4 Å². The molecule has 0 radical (unpaired) electrons. The molecule has 3 atom stereocenters. The summed E-state index contributed by atoms with van der Waals surface area (Å²) in [5.41, 5.74) is 1.49. The Kier molecular flexibility index (Phi) is 5.76. The van der Waals surface area contributed by atoms with Crippen molar-refractivity contribution in [2.24, 2.45) is 4.99 Å². The second-order valence-corrected chi connectivity index (χ2v) is 9.69. The van der Waals surface area contributed by atoms with Gasteiger partial charge in [0.15, 0.2) is 11.0 Å². The Balaban J connectivity index is 1.32. The number of amides is 2. The number of nitrogens with zero attached hydrogens (tertiary/aromatic N) is 6. The molecule has 1 N–H and O–H groups in total. The van der Waals surface area contributed by atoms with Crippen molar-refractivity contribution in [3.05, 3.63) is 69.8 Å². The highest BCUT2D eigenvalue weighted by Gasteiger charge is 2.42. The minimum absolute atomic E-state index is 0.0835. The molecule has 9 nitrogen and oxygen atoms in total. The van der Waals surface area contributed by atoms with Gasteiger partial charge in [0.2, 0.25) is 12.1 Å². The first kappa shape index (κ1) is 23.7. The molecule has 3 aliphatic rings. The van der Waals surface area contributed by atoms with Crippen LogP contribution in [0.15, 0.2) is 41.7 Å². The number of rotatable bonds is 4. The lowest BCUT2D eigenvalue weighted by Crippen LogP contribution is -2.39. The molecular formula is C24H17Cl2F2N7O2. The van der Waals surface area contributed by atoms with E-state index in [9.17, 15) is 14.0 Å². The molecule has 1 saturated heterocycles. The van der Waals surface area contributed by atoms with E-state index >= 15 is 4.39 Å². The average Bonchev–Trinajstić information content (AvgIpc) is 3.62. The summed E-state index contributed by atoms with van der Waals surface area (Å²) < 4.78 is 31.0. The summed E-state index contributed by atoms with van der Waals surface area (Å²) >= 11 is 12.0. The monoisotopic (exact) mass is 543 g/mol. The fourth-order valence-corrected chi connectivity index (χ4v) is 5.43. The van der Waals surface area contributed by atoms with Crippen LogP contribution in [0.2, 0.25) is 10.2 Å². The van der Waals surface area contributed by atoms with Gasteiger partial charge in [-0.25, -0.2) is 23.4 Å². The molecule has 37 heavy (non-hydrogen) atoms. The minimum atomic E-state index is -1.88. The second kappa shape index (κ2) is 9.00. The Morgan fingerprint density at radius 3 is 2.78 bits per heavy atom. The summed E-state index contributed by atoms with van der Waals surface area (Å²) in [4.78, 5) is 37.6. The normalized spacial score (nSPS) is 23.4. The third-order valence-electron chi connectivity index (χ3n) is 6.78. The average molecular weight is 544 g/mol. The number of H-pyrrole nitrogens is 1. The summed E-state index contributed by atoms with van der Waals surface area (Å²) in [5.74, 6) is -1.36. The molecule has 6 rings (SSSR count). The smallest absolute Gasteiger partial charge is 0.284 e. The molecule has 1 unspecified atom stereocenters. The van der Waals surface area contributed by atoms with Gasteiger partial charge in [-0.1, -0.05) is 28.4 Å². The van der Waals surface area contributed by atoms with Crippen LogP contribution in [0, 0.1) is 5.82 Å². The number of halogens is 4. The van der Waals surface area contributed by atoms with Crippen molar-refractivity contribution in [3.8, 4) is 5.69 Å². The van der Waals surface area contributed by atoms with Crippen LogP contribution in [-0.2, 0) is 9.59 Å². The van der Waals surface area contributed by atoms with Crippen molar-refractivity contribution in [1.29, 1.82) is 0 Å². The molecule has 1 aromatic carbocycles. The zero-order valence-electron chi connectivity index (χ0n) is 18.9. The zero-order chi connectivity index (χ0) is 25.8. The zero-order valence-corrected chi connectivity index (χ0v) is 20.4. The molecule has 0 bridgehead atoms. The first-order chi connectivity index (χ1) is 17.8. The van der Waals surface area contributed by atoms with Crippen LogP contribution >= 0.6 is 23.2 Å². The lowest BCUT2D eigenvalue weighted by molar-refractivity contribution is -0.129. The molecule has 2 amide bonds. The maximum Gasteiger partial charge on any atom is 0.284 e. The standard InChI is InChI=1S/C24H17Cl2F2N7O2/c25-14-2-4-16(34-10-18(26)32-33-34)20(22(14)28)11-7-12-1-3-17(35(12)19(36)8-11)23-30-9-15(31-23)13-5-6-29-24(37)21(13)27/h2,4-6,8-10,12,17,21H,1,3,7H2,(H,30,31)/t12-,17+,21?/m1/s1. The van der Waals surface area contributed by atoms with Gasteiger partial charge in [0, 0.05) is 29.5 Å².